The van der Waals surface area contributed by atoms with Crippen LogP contribution in [0.1, 0.15) is 35.0 Å². The number of carbonyl (C=O) groups excluding carboxylic acids is 1. The quantitative estimate of drug-likeness (QED) is 0.442. The SMILES string of the molecule is O=C(c1ccc(-c2ccccc2)cc1)N1CCCC(c2nnc(-c3ccsc3)o2)C1. The lowest BCUT2D eigenvalue weighted by molar-refractivity contribution is 0.0698. The summed E-state index contributed by atoms with van der Waals surface area (Å²) in [5, 5.41) is 12.4. The van der Waals surface area contributed by atoms with Gasteiger partial charge in [-0.15, -0.1) is 10.2 Å². The summed E-state index contributed by atoms with van der Waals surface area (Å²) in [5.41, 5.74) is 3.91. The number of thiophene rings is 1. The zero-order valence-corrected chi connectivity index (χ0v) is 17.2. The maximum absolute atomic E-state index is 13.1. The molecule has 1 amide bonds. The lowest BCUT2D eigenvalue weighted by Crippen LogP contribution is -2.39. The highest BCUT2D eigenvalue weighted by Crippen LogP contribution is 2.30. The predicted octanol–water partition coefficient (Wildman–Crippen LogP) is 5.48. The molecular formula is C24H21N3O2S. The number of aromatic nitrogens is 2. The Morgan fingerprint density at radius 3 is 2.53 bits per heavy atom. The maximum atomic E-state index is 13.1. The topological polar surface area (TPSA) is 59.2 Å². The molecule has 0 radical (unpaired) electrons. The lowest BCUT2D eigenvalue weighted by Gasteiger charge is -2.31. The molecule has 1 atom stereocenters. The van der Waals surface area contributed by atoms with E-state index in [1.54, 1.807) is 11.3 Å². The Kier molecular flexibility index (Phi) is 5.15. The number of hydrogen-bond donors (Lipinski definition) is 0. The van der Waals surface area contributed by atoms with E-state index in [4.69, 9.17) is 4.42 Å². The minimum atomic E-state index is 0.0527. The second-order valence-corrected chi connectivity index (χ2v) is 8.27. The van der Waals surface area contributed by atoms with Crippen LogP contribution < -0.4 is 0 Å². The van der Waals surface area contributed by atoms with E-state index in [9.17, 15) is 4.79 Å². The molecular weight excluding hydrogens is 394 g/mol. The van der Waals surface area contributed by atoms with Gasteiger partial charge in [0.2, 0.25) is 11.8 Å². The number of likely N-dealkylation sites (tertiary alicyclic amines) is 1. The summed E-state index contributed by atoms with van der Waals surface area (Å²) in [6.07, 6.45) is 1.87. The first-order chi connectivity index (χ1) is 14.8. The Morgan fingerprint density at radius 1 is 0.967 bits per heavy atom. The summed E-state index contributed by atoms with van der Waals surface area (Å²) in [6.45, 7) is 1.35. The van der Waals surface area contributed by atoms with Crippen LogP contribution in [-0.2, 0) is 0 Å². The average Bonchev–Trinajstić information content (AvgIpc) is 3.52. The Balaban J connectivity index is 1.29. The van der Waals surface area contributed by atoms with Crippen LogP contribution >= 0.6 is 11.3 Å². The predicted molar refractivity (Wildman–Crippen MR) is 117 cm³/mol. The van der Waals surface area contributed by atoms with Crippen LogP contribution in [0.5, 0.6) is 0 Å². The Morgan fingerprint density at radius 2 is 1.77 bits per heavy atom. The lowest BCUT2D eigenvalue weighted by atomic mass is 9.97. The summed E-state index contributed by atoms with van der Waals surface area (Å²) >= 11 is 1.60. The van der Waals surface area contributed by atoms with Gasteiger partial charge < -0.3 is 9.32 Å². The first kappa shape index (κ1) is 18.8. The van der Waals surface area contributed by atoms with Gasteiger partial charge in [0.05, 0.1) is 5.92 Å². The summed E-state index contributed by atoms with van der Waals surface area (Å²) in [4.78, 5) is 15.0. The van der Waals surface area contributed by atoms with E-state index in [0.29, 0.717) is 23.9 Å². The molecule has 1 aliphatic heterocycles. The number of benzene rings is 2. The van der Waals surface area contributed by atoms with Crippen LogP contribution in [-0.4, -0.2) is 34.1 Å². The van der Waals surface area contributed by atoms with E-state index < -0.39 is 0 Å². The molecule has 5 rings (SSSR count). The van der Waals surface area contributed by atoms with Crippen molar-refractivity contribution in [3.05, 3.63) is 82.9 Å². The summed E-state index contributed by atoms with van der Waals surface area (Å²) < 4.78 is 5.91. The van der Waals surface area contributed by atoms with Gasteiger partial charge in [-0.2, -0.15) is 11.3 Å². The average molecular weight is 416 g/mol. The third kappa shape index (κ3) is 3.78. The molecule has 0 aliphatic carbocycles. The van der Waals surface area contributed by atoms with E-state index in [1.165, 1.54) is 0 Å². The largest absolute Gasteiger partial charge is 0.420 e. The van der Waals surface area contributed by atoms with Gasteiger partial charge in [-0.3, -0.25) is 4.79 Å². The standard InChI is InChI=1S/C24H21N3O2S/c28-24(19-10-8-18(9-11-19)17-5-2-1-3-6-17)27-13-4-7-20(15-27)22-25-26-23(29-22)21-12-14-30-16-21/h1-3,5-6,8-12,14,16,20H,4,7,13,15H2. The molecule has 3 heterocycles. The van der Waals surface area contributed by atoms with Gasteiger partial charge in [-0.05, 0) is 47.5 Å². The number of nitrogens with zero attached hydrogens (tertiary/aromatic N) is 3. The van der Waals surface area contributed by atoms with E-state index in [1.807, 2.05) is 64.2 Å². The number of amides is 1. The fourth-order valence-corrected chi connectivity index (χ4v) is 4.51. The highest BCUT2D eigenvalue weighted by Gasteiger charge is 2.29. The van der Waals surface area contributed by atoms with Crippen LogP contribution in [0.2, 0.25) is 0 Å². The van der Waals surface area contributed by atoms with Crippen LogP contribution in [0.25, 0.3) is 22.6 Å². The summed E-state index contributed by atoms with van der Waals surface area (Å²) in [6, 6.07) is 20.0. The summed E-state index contributed by atoms with van der Waals surface area (Å²) in [5.74, 6) is 1.29. The molecule has 1 aliphatic rings. The van der Waals surface area contributed by atoms with Gasteiger partial charge in [0.15, 0.2) is 0 Å². The van der Waals surface area contributed by atoms with Crippen molar-refractivity contribution < 1.29 is 9.21 Å². The maximum Gasteiger partial charge on any atom is 0.253 e. The molecule has 0 bridgehead atoms. The van der Waals surface area contributed by atoms with Crippen molar-refractivity contribution in [2.45, 2.75) is 18.8 Å². The van der Waals surface area contributed by atoms with Crippen LogP contribution in [0.3, 0.4) is 0 Å². The molecule has 6 heteroatoms. The third-order valence-corrected chi connectivity index (χ3v) is 6.19. The van der Waals surface area contributed by atoms with Crippen molar-refractivity contribution in [1.82, 2.24) is 15.1 Å². The minimum Gasteiger partial charge on any atom is -0.420 e. The molecule has 1 fully saturated rings. The zero-order valence-electron chi connectivity index (χ0n) is 16.4. The number of rotatable bonds is 4. The molecule has 0 N–H and O–H groups in total. The van der Waals surface area contributed by atoms with Crippen molar-refractivity contribution in [2.24, 2.45) is 0 Å². The first-order valence-electron chi connectivity index (χ1n) is 10.1. The second kappa shape index (κ2) is 8.24. The molecule has 2 aromatic heterocycles. The molecule has 0 saturated carbocycles. The molecule has 30 heavy (non-hydrogen) atoms. The normalized spacial score (nSPS) is 16.5. The Labute approximate surface area is 179 Å². The van der Waals surface area contributed by atoms with E-state index in [0.717, 1.165) is 36.1 Å². The molecule has 2 aromatic carbocycles. The number of hydrogen-bond acceptors (Lipinski definition) is 5. The molecule has 1 saturated heterocycles. The van der Waals surface area contributed by atoms with E-state index >= 15 is 0 Å². The van der Waals surface area contributed by atoms with Gasteiger partial charge in [0.1, 0.15) is 0 Å². The van der Waals surface area contributed by atoms with Crippen molar-refractivity contribution >= 4 is 17.2 Å². The molecule has 150 valence electrons. The Hall–Kier alpha value is -3.25. The zero-order chi connectivity index (χ0) is 20.3. The molecule has 4 aromatic rings. The van der Waals surface area contributed by atoms with Gasteiger partial charge in [-0.1, -0.05) is 42.5 Å². The van der Waals surface area contributed by atoms with Crippen molar-refractivity contribution in [1.29, 1.82) is 0 Å². The first-order valence-corrected chi connectivity index (χ1v) is 11.0. The van der Waals surface area contributed by atoms with Crippen molar-refractivity contribution in [2.75, 3.05) is 13.1 Å². The van der Waals surface area contributed by atoms with Crippen molar-refractivity contribution in [3.63, 3.8) is 0 Å². The van der Waals surface area contributed by atoms with E-state index in [-0.39, 0.29) is 11.8 Å². The summed E-state index contributed by atoms with van der Waals surface area (Å²) in [7, 11) is 0. The molecule has 0 spiro atoms. The van der Waals surface area contributed by atoms with Gasteiger partial charge in [-0.25, -0.2) is 0 Å². The number of carbonyl (C=O) groups is 1. The van der Waals surface area contributed by atoms with Crippen molar-refractivity contribution in [3.8, 4) is 22.6 Å². The smallest absolute Gasteiger partial charge is 0.253 e. The fraction of sp³-hybridized carbons (Fsp3) is 0.208. The fourth-order valence-electron chi connectivity index (χ4n) is 3.88. The van der Waals surface area contributed by atoms with Gasteiger partial charge in [0.25, 0.3) is 5.91 Å². The number of piperidine rings is 1. The van der Waals surface area contributed by atoms with E-state index in [2.05, 4.69) is 22.3 Å². The van der Waals surface area contributed by atoms with Crippen LogP contribution in [0, 0.1) is 0 Å². The van der Waals surface area contributed by atoms with Gasteiger partial charge in [0, 0.05) is 29.6 Å². The van der Waals surface area contributed by atoms with Crippen LogP contribution in [0.4, 0.5) is 0 Å². The third-order valence-electron chi connectivity index (χ3n) is 5.51. The van der Waals surface area contributed by atoms with Gasteiger partial charge >= 0.3 is 0 Å². The minimum absolute atomic E-state index is 0.0527. The highest BCUT2D eigenvalue weighted by molar-refractivity contribution is 7.08. The second-order valence-electron chi connectivity index (χ2n) is 7.49. The Bertz CT molecular complexity index is 1120. The van der Waals surface area contributed by atoms with Crippen LogP contribution in [0.15, 0.2) is 75.8 Å². The monoisotopic (exact) mass is 415 g/mol. The molecule has 1 unspecified atom stereocenters. The highest BCUT2D eigenvalue weighted by atomic mass is 32.1. The molecule has 5 nitrogen and oxygen atoms in total.